The zero-order valence-electron chi connectivity index (χ0n) is 18.3. The maximum Gasteiger partial charge on any atom is 0.236 e. The third-order valence-electron chi connectivity index (χ3n) is 8.03. The summed E-state index contributed by atoms with van der Waals surface area (Å²) in [6, 6.07) is 4.87. The fraction of sp³-hybridized carbons (Fsp3) is 0.636. The number of rotatable bonds is 5. The molecule has 1 aromatic rings. The summed E-state index contributed by atoms with van der Waals surface area (Å²) >= 11 is 12.4. The molecule has 4 saturated carbocycles. The Morgan fingerprint density at radius 1 is 1.15 bits per heavy atom. The SMILES string of the molecule is NC(=O)C12CC3CC(C1)C(NC(=O)CN1CCCN(c4cc(Cl)ccc4Cl)S1(O)O)C(C3)C2. The van der Waals surface area contributed by atoms with E-state index in [0.29, 0.717) is 41.2 Å². The number of nitrogens with one attached hydrogen (secondary N) is 1. The van der Waals surface area contributed by atoms with E-state index in [2.05, 4.69) is 5.32 Å². The van der Waals surface area contributed by atoms with Crippen molar-refractivity contribution in [1.82, 2.24) is 9.62 Å². The van der Waals surface area contributed by atoms with Crippen LogP contribution in [0.15, 0.2) is 18.2 Å². The van der Waals surface area contributed by atoms with E-state index in [1.165, 1.54) is 8.61 Å². The van der Waals surface area contributed by atoms with E-state index in [-0.39, 0.29) is 36.2 Å². The van der Waals surface area contributed by atoms with Gasteiger partial charge < -0.3 is 11.1 Å². The minimum Gasteiger partial charge on any atom is -0.369 e. The van der Waals surface area contributed by atoms with Crippen molar-refractivity contribution in [2.45, 2.75) is 44.6 Å². The van der Waals surface area contributed by atoms with Gasteiger partial charge in [-0.25, -0.2) is 0 Å². The van der Waals surface area contributed by atoms with Gasteiger partial charge in [-0.2, -0.15) is 4.31 Å². The molecule has 1 saturated heterocycles. The molecule has 6 rings (SSSR count). The number of halogens is 2. The zero-order chi connectivity index (χ0) is 23.5. The lowest BCUT2D eigenvalue weighted by Gasteiger charge is -2.59. The van der Waals surface area contributed by atoms with Crippen molar-refractivity contribution in [3.05, 3.63) is 28.2 Å². The number of amides is 2. The molecular weight excluding hydrogens is 487 g/mol. The minimum atomic E-state index is -3.43. The first-order valence-electron chi connectivity index (χ1n) is 11.4. The monoisotopic (exact) mass is 516 g/mol. The molecule has 8 nitrogen and oxygen atoms in total. The highest BCUT2D eigenvalue weighted by Crippen LogP contribution is 2.60. The van der Waals surface area contributed by atoms with Crippen LogP contribution in [0.2, 0.25) is 10.0 Å². The van der Waals surface area contributed by atoms with Gasteiger partial charge in [0.05, 0.1) is 17.3 Å². The first-order chi connectivity index (χ1) is 15.6. The minimum absolute atomic E-state index is 0.00609. The highest BCUT2D eigenvalue weighted by Gasteiger charge is 2.58. The topological polar surface area (TPSA) is 119 Å². The van der Waals surface area contributed by atoms with Crippen LogP contribution in [-0.2, 0) is 9.59 Å². The predicted octanol–water partition coefficient (Wildman–Crippen LogP) is 3.88. The molecule has 11 heteroatoms. The summed E-state index contributed by atoms with van der Waals surface area (Å²) in [5, 5.41) is 3.97. The summed E-state index contributed by atoms with van der Waals surface area (Å²) in [6.45, 7) is 0.649. The van der Waals surface area contributed by atoms with Crippen LogP contribution in [0.5, 0.6) is 0 Å². The molecule has 33 heavy (non-hydrogen) atoms. The number of carbonyl (C=O) groups excluding carboxylic acids is 2. The maximum absolute atomic E-state index is 13.1. The molecule has 1 heterocycles. The number of nitrogens with zero attached hydrogens (tertiary/aromatic N) is 2. The Morgan fingerprint density at radius 3 is 2.52 bits per heavy atom. The van der Waals surface area contributed by atoms with E-state index in [1.54, 1.807) is 18.2 Å². The van der Waals surface area contributed by atoms with Crippen LogP contribution in [0, 0.1) is 23.2 Å². The van der Waals surface area contributed by atoms with Gasteiger partial charge >= 0.3 is 0 Å². The van der Waals surface area contributed by atoms with Crippen LogP contribution in [0.3, 0.4) is 0 Å². The lowest BCUT2D eigenvalue weighted by atomic mass is 9.47. The smallest absolute Gasteiger partial charge is 0.236 e. The van der Waals surface area contributed by atoms with Crippen molar-refractivity contribution in [2.24, 2.45) is 28.9 Å². The van der Waals surface area contributed by atoms with Crippen molar-refractivity contribution in [3.63, 3.8) is 0 Å². The number of carbonyl (C=O) groups is 2. The second-order valence-corrected chi connectivity index (χ2v) is 12.9. The molecule has 0 radical (unpaired) electrons. The standard InChI is InChI=1S/C22H30Cl2N4O4S/c23-16-2-3-17(24)18(8-16)28-5-1-4-27(33(28,31)32)12-19(29)26-20-14-6-13-7-15(20)11-22(9-13,10-14)21(25)30/h2-3,8,13-15,20,31-32H,1,4-7,9-12H2,(H2,25,30)(H,26,29). The molecule has 2 amide bonds. The van der Waals surface area contributed by atoms with E-state index >= 15 is 0 Å². The lowest BCUT2D eigenvalue weighted by molar-refractivity contribution is -0.147. The van der Waals surface area contributed by atoms with Gasteiger partial charge in [0.25, 0.3) is 0 Å². The Morgan fingerprint density at radius 2 is 1.85 bits per heavy atom. The third-order valence-corrected chi connectivity index (χ3v) is 10.6. The first-order valence-corrected chi connectivity index (χ1v) is 13.7. The molecular formula is C22H30Cl2N4O4S. The second-order valence-electron chi connectivity index (χ2n) is 10.1. The number of hydrogen-bond acceptors (Lipinski definition) is 6. The Hall–Kier alpha value is -1.23. The van der Waals surface area contributed by atoms with E-state index < -0.39 is 16.4 Å². The van der Waals surface area contributed by atoms with Crippen LogP contribution >= 0.6 is 34.2 Å². The van der Waals surface area contributed by atoms with Gasteiger partial charge in [0.2, 0.25) is 11.8 Å². The molecule has 2 unspecified atom stereocenters. The van der Waals surface area contributed by atoms with Crippen LogP contribution < -0.4 is 15.4 Å². The van der Waals surface area contributed by atoms with Gasteiger partial charge in [0.15, 0.2) is 0 Å². The molecule has 5 fully saturated rings. The van der Waals surface area contributed by atoms with E-state index in [9.17, 15) is 18.7 Å². The number of benzene rings is 1. The number of hydrogen-bond donors (Lipinski definition) is 4. The van der Waals surface area contributed by atoms with Gasteiger partial charge in [-0.1, -0.05) is 23.2 Å². The molecule has 4 bridgehead atoms. The molecule has 182 valence electrons. The van der Waals surface area contributed by atoms with Crippen molar-refractivity contribution in [3.8, 4) is 0 Å². The summed E-state index contributed by atoms with van der Waals surface area (Å²) in [4.78, 5) is 25.2. The molecule has 4 aliphatic carbocycles. The lowest BCUT2D eigenvalue weighted by Crippen LogP contribution is -2.62. The molecule has 0 spiro atoms. The summed E-state index contributed by atoms with van der Waals surface area (Å²) in [5.41, 5.74) is 5.80. The number of nitrogens with two attached hydrogens (primary N) is 1. The molecule has 2 atom stereocenters. The summed E-state index contributed by atoms with van der Waals surface area (Å²) in [6.07, 6.45) is 5.02. The highest BCUT2D eigenvalue weighted by molar-refractivity contribution is 8.23. The maximum atomic E-state index is 13.1. The largest absolute Gasteiger partial charge is 0.369 e. The van der Waals surface area contributed by atoms with Crippen molar-refractivity contribution in [2.75, 3.05) is 23.9 Å². The Kier molecular flexibility index (Phi) is 6.03. The van der Waals surface area contributed by atoms with Crippen LogP contribution in [0.4, 0.5) is 5.69 Å². The van der Waals surface area contributed by atoms with Crippen LogP contribution in [-0.4, -0.2) is 50.9 Å². The molecule has 5 N–H and O–H groups in total. The van der Waals surface area contributed by atoms with Crippen LogP contribution in [0.1, 0.15) is 38.5 Å². The fourth-order valence-electron chi connectivity index (χ4n) is 6.82. The van der Waals surface area contributed by atoms with E-state index in [4.69, 9.17) is 28.9 Å². The highest BCUT2D eigenvalue weighted by atomic mass is 35.5. The zero-order valence-corrected chi connectivity index (χ0v) is 20.6. The Labute approximate surface area is 205 Å². The molecule has 1 aromatic carbocycles. The van der Waals surface area contributed by atoms with Gasteiger partial charge in [-0.05, 0) is 85.4 Å². The van der Waals surface area contributed by atoms with Crippen molar-refractivity contribution >= 4 is 51.7 Å². The van der Waals surface area contributed by atoms with Gasteiger partial charge in [-0.15, -0.1) is 0 Å². The average Bonchev–Trinajstić information content (AvgIpc) is 2.73. The average molecular weight is 517 g/mol. The Balaban J connectivity index is 1.27. The predicted molar refractivity (Wildman–Crippen MR) is 130 cm³/mol. The third kappa shape index (κ3) is 4.10. The van der Waals surface area contributed by atoms with Gasteiger partial charge in [-0.3, -0.25) is 23.0 Å². The summed E-state index contributed by atoms with van der Waals surface area (Å²) < 4.78 is 25.0. The quantitative estimate of drug-likeness (QED) is 0.471. The first kappa shape index (κ1) is 23.5. The summed E-state index contributed by atoms with van der Waals surface area (Å²) in [7, 11) is -3.43. The van der Waals surface area contributed by atoms with Gasteiger partial charge in [0, 0.05) is 29.6 Å². The van der Waals surface area contributed by atoms with Crippen molar-refractivity contribution < 1.29 is 18.7 Å². The molecule has 1 aliphatic heterocycles. The van der Waals surface area contributed by atoms with Gasteiger partial charge in [0.1, 0.15) is 0 Å². The number of primary amides is 1. The molecule has 5 aliphatic rings. The van der Waals surface area contributed by atoms with E-state index in [1.807, 2.05) is 0 Å². The van der Waals surface area contributed by atoms with Crippen LogP contribution in [0.25, 0.3) is 0 Å². The van der Waals surface area contributed by atoms with Crippen molar-refractivity contribution in [1.29, 1.82) is 0 Å². The normalized spacial score (nSPS) is 35.9. The molecule has 0 aromatic heterocycles. The van der Waals surface area contributed by atoms with E-state index in [0.717, 1.165) is 32.1 Å². The fourth-order valence-corrected chi connectivity index (χ4v) is 8.99. The summed E-state index contributed by atoms with van der Waals surface area (Å²) in [5.74, 6) is 0.564. The number of anilines is 1. The Bertz CT molecular complexity index is 964. The second kappa shape index (κ2) is 8.46.